The number of fused-ring (bicyclic) bond motifs is 1. The maximum absolute atomic E-state index is 12.8. The molecule has 2 saturated heterocycles. The summed E-state index contributed by atoms with van der Waals surface area (Å²) in [7, 11) is 0. The number of para-hydroxylation sites is 1. The minimum absolute atomic E-state index is 0.0394. The number of nitrogens with zero attached hydrogens (tertiary/aromatic N) is 4. The number of nitrogens with two attached hydrogens (primary N) is 1. The fraction of sp³-hybridized carbons (Fsp3) is 0.241. The van der Waals surface area contributed by atoms with Crippen molar-refractivity contribution >= 4 is 17.6 Å². The number of pyridine rings is 1. The van der Waals surface area contributed by atoms with E-state index in [9.17, 15) is 14.9 Å². The molecule has 3 fully saturated rings. The standard InChI is InChI=1S/C29H25N5O4/c30-15-19(14-18-6-7-18)29(36)34-17-24-25(34)16-33(24)26-13-12-23(27(31)35)28(32-26)38-22-10-8-21(9-11-22)37-20-4-2-1-3-5-20/h1-5,8-14,18,24-25H,6-7,16-17H2,(H2,31,35)/b19-14+/t24-,25?/m1/s1. The Labute approximate surface area is 219 Å². The quantitative estimate of drug-likeness (QED) is 0.361. The van der Waals surface area contributed by atoms with Gasteiger partial charge in [0, 0.05) is 13.1 Å². The molecule has 2 amide bonds. The zero-order valence-electron chi connectivity index (χ0n) is 20.5. The van der Waals surface area contributed by atoms with Crippen LogP contribution in [-0.2, 0) is 4.79 Å². The molecule has 190 valence electrons. The number of rotatable bonds is 8. The van der Waals surface area contributed by atoms with E-state index >= 15 is 0 Å². The Morgan fingerprint density at radius 3 is 2.21 bits per heavy atom. The average Bonchev–Trinajstić information content (AvgIpc) is 3.74. The van der Waals surface area contributed by atoms with Gasteiger partial charge in [-0.25, -0.2) is 0 Å². The smallest absolute Gasteiger partial charge is 0.264 e. The highest BCUT2D eigenvalue weighted by atomic mass is 16.5. The molecule has 9 heteroatoms. The van der Waals surface area contributed by atoms with Crippen molar-refractivity contribution in [1.82, 2.24) is 9.88 Å². The molecular formula is C29H25N5O4. The van der Waals surface area contributed by atoms with E-state index < -0.39 is 5.91 Å². The number of aromatic nitrogens is 1. The predicted molar refractivity (Wildman–Crippen MR) is 139 cm³/mol. The maximum atomic E-state index is 12.8. The molecule has 1 unspecified atom stereocenters. The number of allylic oxidation sites excluding steroid dienone is 1. The topological polar surface area (TPSA) is 122 Å². The Balaban J connectivity index is 1.14. The Hall–Kier alpha value is -4.84. The van der Waals surface area contributed by atoms with E-state index in [0.717, 1.165) is 18.6 Å². The van der Waals surface area contributed by atoms with Crippen molar-refractivity contribution in [3.63, 3.8) is 0 Å². The number of nitriles is 1. The third kappa shape index (κ3) is 4.52. The lowest BCUT2D eigenvalue weighted by atomic mass is 9.84. The summed E-state index contributed by atoms with van der Waals surface area (Å²) in [5.41, 5.74) is 5.99. The van der Waals surface area contributed by atoms with Gasteiger partial charge in [-0.1, -0.05) is 24.3 Å². The zero-order valence-corrected chi connectivity index (χ0v) is 20.5. The minimum Gasteiger partial charge on any atom is -0.457 e. The molecule has 9 nitrogen and oxygen atoms in total. The van der Waals surface area contributed by atoms with Crippen LogP contribution in [0.15, 0.2) is 78.4 Å². The molecule has 0 spiro atoms. The van der Waals surface area contributed by atoms with Crippen LogP contribution in [0.25, 0.3) is 0 Å². The van der Waals surface area contributed by atoms with E-state index in [4.69, 9.17) is 15.2 Å². The lowest BCUT2D eigenvalue weighted by molar-refractivity contribution is -0.138. The molecule has 38 heavy (non-hydrogen) atoms. The number of benzene rings is 2. The predicted octanol–water partition coefficient (Wildman–Crippen LogP) is 4.02. The average molecular weight is 508 g/mol. The number of likely N-dealkylation sites (tertiary alicyclic amines) is 1. The van der Waals surface area contributed by atoms with Crippen LogP contribution >= 0.6 is 0 Å². The maximum Gasteiger partial charge on any atom is 0.264 e. The lowest BCUT2D eigenvalue weighted by Gasteiger charge is -2.62. The second kappa shape index (κ2) is 9.56. The largest absolute Gasteiger partial charge is 0.457 e. The van der Waals surface area contributed by atoms with Gasteiger partial charge in [0.25, 0.3) is 11.8 Å². The van der Waals surface area contributed by atoms with Crippen molar-refractivity contribution in [2.45, 2.75) is 24.9 Å². The third-order valence-electron chi connectivity index (χ3n) is 7.07. The number of hydrogen-bond acceptors (Lipinski definition) is 7. The van der Waals surface area contributed by atoms with Crippen molar-refractivity contribution < 1.29 is 19.1 Å². The van der Waals surface area contributed by atoms with E-state index in [2.05, 4.69) is 16.0 Å². The van der Waals surface area contributed by atoms with E-state index in [-0.39, 0.29) is 35.0 Å². The van der Waals surface area contributed by atoms with Crippen LogP contribution in [0.1, 0.15) is 23.2 Å². The number of primary amides is 1. The molecule has 2 aliphatic heterocycles. The van der Waals surface area contributed by atoms with Crippen molar-refractivity contribution in [2.24, 2.45) is 11.7 Å². The number of ether oxygens (including phenoxy) is 2. The number of carbonyl (C=O) groups excluding carboxylic acids is 2. The zero-order chi connectivity index (χ0) is 26.2. The highest BCUT2D eigenvalue weighted by Gasteiger charge is 2.54. The van der Waals surface area contributed by atoms with Crippen molar-refractivity contribution in [3.05, 3.63) is 83.9 Å². The molecule has 1 aromatic heterocycles. The highest BCUT2D eigenvalue weighted by Crippen LogP contribution is 2.39. The van der Waals surface area contributed by atoms with Crippen LogP contribution < -0.4 is 20.1 Å². The summed E-state index contributed by atoms with van der Waals surface area (Å²) in [6.07, 6.45) is 3.89. The number of amides is 2. The van der Waals surface area contributed by atoms with E-state index in [1.54, 1.807) is 47.4 Å². The van der Waals surface area contributed by atoms with Crippen LogP contribution in [0.3, 0.4) is 0 Å². The van der Waals surface area contributed by atoms with Gasteiger partial charge in [-0.05, 0) is 67.3 Å². The summed E-state index contributed by atoms with van der Waals surface area (Å²) in [4.78, 5) is 33.2. The monoisotopic (exact) mass is 507 g/mol. The lowest BCUT2D eigenvalue weighted by Crippen LogP contribution is -2.80. The van der Waals surface area contributed by atoms with Crippen LogP contribution in [0.5, 0.6) is 23.1 Å². The first-order valence-corrected chi connectivity index (χ1v) is 12.5. The van der Waals surface area contributed by atoms with Crippen molar-refractivity contribution in [2.75, 3.05) is 18.0 Å². The number of piperazine rings is 1. The molecule has 3 aromatic rings. The van der Waals surface area contributed by atoms with Crippen LogP contribution in [0.2, 0.25) is 0 Å². The van der Waals surface area contributed by atoms with Gasteiger partial charge in [-0.3, -0.25) is 9.59 Å². The Kier molecular flexibility index (Phi) is 5.92. The Bertz CT molecular complexity index is 1460. The highest BCUT2D eigenvalue weighted by molar-refractivity contribution is 5.98. The molecule has 3 aliphatic rings. The van der Waals surface area contributed by atoms with E-state index in [0.29, 0.717) is 36.3 Å². The first kappa shape index (κ1) is 23.6. The summed E-state index contributed by atoms with van der Waals surface area (Å²) < 4.78 is 11.8. The van der Waals surface area contributed by atoms with Gasteiger partial charge in [0.1, 0.15) is 40.3 Å². The van der Waals surface area contributed by atoms with Gasteiger partial charge < -0.3 is 25.0 Å². The second-order valence-electron chi connectivity index (χ2n) is 9.65. The van der Waals surface area contributed by atoms with E-state index in [1.165, 1.54) is 0 Å². The third-order valence-corrected chi connectivity index (χ3v) is 7.07. The Morgan fingerprint density at radius 1 is 0.921 bits per heavy atom. The van der Waals surface area contributed by atoms with Crippen LogP contribution in [-0.4, -0.2) is 46.9 Å². The summed E-state index contributed by atoms with van der Waals surface area (Å²) in [5, 5.41) is 9.40. The first-order chi connectivity index (χ1) is 18.5. The van der Waals surface area contributed by atoms with Gasteiger partial charge in [0.15, 0.2) is 0 Å². The summed E-state index contributed by atoms with van der Waals surface area (Å²) >= 11 is 0. The molecule has 1 aliphatic carbocycles. The minimum atomic E-state index is -0.642. The van der Waals surface area contributed by atoms with Gasteiger partial charge in [0.05, 0.1) is 12.1 Å². The molecule has 0 bridgehead atoms. The SMILES string of the molecule is N#C/C(=C\C1CC1)C(=O)N1C[C@@H]2C1CN2c1ccc(C(N)=O)c(Oc2ccc(Oc3ccccc3)cc2)n1. The Morgan fingerprint density at radius 2 is 1.61 bits per heavy atom. The molecule has 2 N–H and O–H groups in total. The van der Waals surface area contributed by atoms with Gasteiger partial charge in [-0.2, -0.15) is 10.2 Å². The second-order valence-corrected chi connectivity index (χ2v) is 9.65. The molecular weight excluding hydrogens is 482 g/mol. The molecule has 2 atom stereocenters. The van der Waals surface area contributed by atoms with Crippen molar-refractivity contribution in [1.29, 1.82) is 5.26 Å². The van der Waals surface area contributed by atoms with Crippen LogP contribution in [0, 0.1) is 17.2 Å². The normalized spacial score (nSPS) is 19.9. The molecule has 2 aromatic carbocycles. The number of anilines is 1. The summed E-state index contributed by atoms with van der Waals surface area (Å²) in [6.45, 7) is 1.11. The number of hydrogen-bond donors (Lipinski definition) is 1. The van der Waals surface area contributed by atoms with E-state index in [1.807, 2.05) is 30.3 Å². The first-order valence-electron chi connectivity index (χ1n) is 12.5. The van der Waals surface area contributed by atoms with Crippen molar-refractivity contribution in [3.8, 4) is 29.2 Å². The molecule has 3 heterocycles. The molecule has 0 radical (unpaired) electrons. The fourth-order valence-electron chi connectivity index (χ4n) is 4.73. The van der Waals surface area contributed by atoms with Gasteiger partial charge in [0.2, 0.25) is 5.88 Å². The molecule has 6 rings (SSSR count). The fourth-order valence-corrected chi connectivity index (χ4v) is 4.73. The molecule has 1 saturated carbocycles. The van der Waals surface area contributed by atoms with Gasteiger partial charge >= 0.3 is 0 Å². The summed E-state index contributed by atoms with van der Waals surface area (Å²) in [6, 6.07) is 22.0. The van der Waals surface area contributed by atoms with Crippen LogP contribution in [0.4, 0.5) is 5.82 Å². The number of carbonyl (C=O) groups is 2. The summed E-state index contributed by atoms with van der Waals surface area (Å²) in [5.74, 6) is 2.12. The van der Waals surface area contributed by atoms with Gasteiger partial charge in [-0.15, -0.1) is 0 Å².